The maximum Gasteiger partial charge on any atom is 0.313 e. The van der Waals surface area contributed by atoms with Crippen LogP contribution in [0.2, 0.25) is 0 Å². The van der Waals surface area contributed by atoms with Gasteiger partial charge in [0.05, 0.1) is 29.5 Å². The lowest BCUT2D eigenvalue weighted by molar-refractivity contribution is -0.385. The summed E-state index contributed by atoms with van der Waals surface area (Å²) >= 11 is 0. The number of carbonyl (C=O) groups is 2. The molecule has 0 heterocycles. The van der Waals surface area contributed by atoms with Crippen LogP contribution in [0.3, 0.4) is 0 Å². The minimum absolute atomic E-state index is 0.0825. The number of hydrogen-bond donors (Lipinski definition) is 0. The van der Waals surface area contributed by atoms with Crippen LogP contribution in [0.25, 0.3) is 0 Å². The van der Waals surface area contributed by atoms with Crippen molar-refractivity contribution < 1.29 is 28.9 Å². The largest absolute Gasteiger partial charge is 0.469 e. The molecular weight excluding hydrogens is 420 g/mol. The smallest absolute Gasteiger partial charge is 0.313 e. The monoisotopic (exact) mass is 444 g/mol. The van der Waals surface area contributed by atoms with Crippen molar-refractivity contribution in [2.75, 3.05) is 13.7 Å². The highest BCUT2D eigenvalue weighted by Crippen LogP contribution is 2.41. The average molecular weight is 444 g/mol. The third-order valence-electron chi connectivity index (χ3n) is 5.05. The SMILES string of the molecule is CCOC(=O)CCCC(c1ccccc1[N+](=O)[O-])C(C(=O)OC)c1ccc([N+](=O)[O-])cc1. The van der Waals surface area contributed by atoms with Crippen molar-refractivity contribution >= 4 is 23.3 Å². The Kier molecular flexibility index (Phi) is 8.82. The maximum atomic E-state index is 12.8. The third kappa shape index (κ3) is 6.10. The van der Waals surface area contributed by atoms with Crippen LogP contribution < -0.4 is 0 Å². The van der Waals surface area contributed by atoms with Gasteiger partial charge in [-0.3, -0.25) is 29.8 Å². The van der Waals surface area contributed by atoms with E-state index in [0.717, 1.165) is 0 Å². The molecule has 32 heavy (non-hydrogen) atoms. The number of ether oxygens (including phenoxy) is 2. The fraction of sp³-hybridized carbons (Fsp3) is 0.364. The molecular formula is C22H24N2O8. The third-order valence-corrected chi connectivity index (χ3v) is 5.05. The van der Waals surface area contributed by atoms with Crippen molar-refractivity contribution in [3.8, 4) is 0 Å². The summed E-state index contributed by atoms with van der Waals surface area (Å²) in [7, 11) is 1.20. The fourth-order valence-electron chi connectivity index (χ4n) is 3.63. The van der Waals surface area contributed by atoms with E-state index in [0.29, 0.717) is 17.5 Å². The first-order chi connectivity index (χ1) is 15.3. The molecule has 2 aromatic carbocycles. The molecule has 2 atom stereocenters. The van der Waals surface area contributed by atoms with Crippen LogP contribution in [-0.2, 0) is 19.1 Å². The second-order valence-electron chi connectivity index (χ2n) is 6.97. The molecule has 10 heteroatoms. The lowest BCUT2D eigenvalue weighted by Crippen LogP contribution is -2.23. The number of non-ortho nitro benzene ring substituents is 1. The van der Waals surface area contributed by atoms with Crippen molar-refractivity contribution in [1.29, 1.82) is 0 Å². The Morgan fingerprint density at radius 2 is 1.66 bits per heavy atom. The average Bonchev–Trinajstić information content (AvgIpc) is 2.78. The quantitative estimate of drug-likeness (QED) is 0.284. The van der Waals surface area contributed by atoms with Gasteiger partial charge in [-0.05, 0) is 25.3 Å². The lowest BCUT2D eigenvalue weighted by Gasteiger charge is -2.26. The molecule has 0 fully saturated rings. The predicted molar refractivity (Wildman–Crippen MR) is 114 cm³/mol. The van der Waals surface area contributed by atoms with Gasteiger partial charge in [0.2, 0.25) is 0 Å². The van der Waals surface area contributed by atoms with Crippen molar-refractivity contribution in [2.24, 2.45) is 0 Å². The van der Waals surface area contributed by atoms with E-state index in [1.54, 1.807) is 19.1 Å². The number of carbonyl (C=O) groups excluding carboxylic acids is 2. The number of rotatable bonds is 11. The summed E-state index contributed by atoms with van der Waals surface area (Å²) in [5.74, 6) is -2.72. The Morgan fingerprint density at radius 1 is 1.00 bits per heavy atom. The number of methoxy groups -OCH3 is 1. The zero-order valence-electron chi connectivity index (χ0n) is 17.8. The topological polar surface area (TPSA) is 139 Å². The van der Waals surface area contributed by atoms with E-state index in [9.17, 15) is 29.8 Å². The summed E-state index contributed by atoms with van der Waals surface area (Å²) in [5, 5.41) is 22.7. The van der Waals surface area contributed by atoms with E-state index >= 15 is 0 Å². The number of nitrogens with zero attached hydrogens (tertiary/aromatic N) is 2. The first-order valence-corrected chi connectivity index (χ1v) is 10.0. The van der Waals surface area contributed by atoms with Crippen LogP contribution in [0.1, 0.15) is 49.1 Å². The molecule has 0 aliphatic heterocycles. The van der Waals surface area contributed by atoms with E-state index in [4.69, 9.17) is 9.47 Å². The highest BCUT2D eigenvalue weighted by Gasteiger charge is 2.35. The molecule has 10 nitrogen and oxygen atoms in total. The van der Waals surface area contributed by atoms with Gasteiger partial charge in [0.15, 0.2) is 0 Å². The molecule has 0 aromatic heterocycles. The standard InChI is InChI=1S/C22H24N2O8/c1-3-32-20(25)10-6-8-18(17-7-4-5-9-19(17)24(29)30)21(22(26)31-2)15-11-13-16(14-12-15)23(27)28/h4-5,7,9,11-14,18,21H,3,6,8,10H2,1-2H3. The van der Waals surface area contributed by atoms with Crippen molar-refractivity contribution in [3.05, 3.63) is 79.9 Å². The highest BCUT2D eigenvalue weighted by molar-refractivity contribution is 5.80. The van der Waals surface area contributed by atoms with Crippen molar-refractivity contribution in [3.63, 3.8) is 0 Å². The van der Waals surface area contributed by atoms with Gasteiger partial charge in [0.25, 0.3) is 11.4 Å². The summed E-state index contributed by atoms with van der Waals surface area (Å²) in [6.07, 6.45) is 0.648. The summed E-state index contributed by atoms with van der Waals surface area (Å²) in [6.45, 7) is 1.93. The number of esters is 2. The van der Waals surface area contributed by atoms with Crippen molar-refractivity contribution in [2.45, 2.75) is 38.0 Å². The van der Waals surface area contributed by atoms with Crippen LogP contribution in [0.5, 0.6) is 0 Å². The molecule has 0 saturated heterocycles. The Labute approximate surface area is 184 Å². The van der Waals surface area contributed by atoms with Gasteiger partial charge in [-0.1, -0.05) is 30.3 Å². The number of nitro benzene ring substituents is 2. The lowest BCUT2D eigenvalue weighted by atomic mass is 9.77. The minimum atomic E-state index is -0.968. The Hall–Kier alpha value is -3.82. The summed E-state index contributed by atoms with van der Waals surface area (Å²) in [5.41, 5.74) is 0.420. The number of nitro groups is 2. The van der Waals surface area contributed by atoms with Gasteiger partial charge in [0, 0.05) is 36.1 Å². The predicted octanol–water partition coefficient (Wildman–Crippen LogP) is 4.28. The van der Waals surface area contributed by atoms with E-state index in [1.165, 1.54) is 43.5 Å². The molecule has 0 aliphatic carbocycles. The van der Waals surface area contributed by atoms with Crippen LogP contribution in [0.15, 0.2) is 48.5 Å². The molecule has 2 aromatic rings. The van der Waals surface area contributed by atoms with E-state index < -0.39 is 33.6 Å². The first kappa shape index (κ1) is 24.4. The van der Waals surface area contributed by atoms with Gasteiger partial charge < -0.3 is 9.47 Å². The van der Waals surface area contributed by atoms with Gasteiger partial charge in [-0.15, -0.1) is 0 Å². The Balaban J connectivity index is 2.51. The second kappa shape index (κ2) is 11.5. The molecule has 0 radical (unpaired) electrons. The van der Waals surface area contributed by atoms with E-state index in [2.05, 4.69) is 0 Å². The van der Waals surface area contributed by atoms with Gasteiger partial charge >= 0.3 is 11.9 Å². The first-order valence-electron chi connectivity index (χ1n) is 10.0. The molecule has 0 spiro atoms. The Bertz CT molecular complexity index is 974. The number of hydrogen-bond acceptors (Lipinski definition) is 8. The number of benzene rings is 2. The Morgan fingerprint density at radius 3 is 2.22 bits per heavy atom. The summed E-state index contributed by atoms with van der Waals surface area (Å²) < 4.78 is 9.92. The molecule has 2 rings (SSSR count). The minimum Gasteiger partial charge on any atom is -0.469 e. The zero-order valence-corrected chi connectivity index (χ0v) is 17.8. The summed E-state index contributed by atoms with van der Waals surface area (Å²) in [6, 6.07) is 11.5. The summed E-state index contributed by atoms with van der Waals surface area (Å²) in [4.78, 5) is 46.2. The molecule has 0 aliphatic rings. The molecule has 0 bridgehead atoms. The molecule has 0 N–H and O–H groups in total. The normalized spacial score (nSPS) is 12.4. The van der Waals surface area contributed by atoms with Crippen LogP contribution in [-0.4, -0.2) is 35.5 Å². The van der Waals surface area contributed by atoms with Gasteiger partial charge in [-0.2, -0.15) is 0 Å². The van der Waals surface area contributed by atoms with Crippen molar-refractivity contribution in [1.82, 2.24) is 0 Å². The van der Waals surface area contributed by atoms with E-state index in [-0.39, 0.29) is 30.8 Å². The van der Waals surface area contributed by atoms with Gasteiger partial charge in [0.1, 0.15) is 0 Å². The highest BCUT2D eigenvalue weighted by atomic mass is 16.6. The zero-order chi connectivity index (χ0) is 23.7. The van der Waals surface area contributed by atoms with Crippen LogP contribution in [0.4, 0.5) is 11.4 Å². The van der Waals surface area contributed by atoms with E-state index in [1.807, 2.05) is 0 Å². The molecule has 170 valence electrons. The molecule has 2 unspecified atom stereocenters. The number of para-hydroxylation sites is 1. The van der Waals surface area contributed by atoms with Crippen LogP contribution in [0, 0.1) is 20.2 Å². The van der Waals surface area contributed by atoms with Gasteiger partial charge in [-0.25, -0.2) is 0 Å². The maximum absolute atomic E-state index is 12.8. The molecule has 0 amide bonds. The molecule has 0 saturated carbocycles. The fourth-order valence-corrected chi connectivity index (χ4v) is 3.63. The second-order valence-corrected chi connectivity index (χ2v) is 6.97. The van der Waals surface area contributed by atoms with Crippen LogP contribution >= 0.6 is 0 Å².